The number of para-hydroxylation sites is 2. The van der Waals surface area contributed by atoms with Crippen molar-refractivity contribution in [2.24, 2.45) is 0 Å². The third-order valence-corrected chi connectivity index (χ3v) is 5.17. The van der Waals surface area contributed by atoms with E-state index in [1.165, 1.54) is 32.8 Å². The molecule has 1 heterocycles. The first-order chi connectivity index (χ1) is 13.7. The molecule has 1 aliphatic heterocycles. The Bertz CT molecular complexity index is 680. The van der Waals surface area contributed by atoms with Crippen molar-refractivity contribution in [2.75, 3.05) is 30.0 Å². The Balaban J connectivity index is 2.41. The molecule has 0 saturated heterocycles. The van der Waals surface area contributed by atoms with Crippen molar-refractivity contribution in [1.82, 2.24) is 0 Å². The normalized spacial score (nSPS) is 12.7. The number of anilines is 2. The van der Waals surface area contributed by atoms with Crippen LogP contribution in [0.1, 0.15) is 65.2 Å². The Kier molecular flexibility index (Phi) is 8.87. The molecule has 0 spiro atoms. The number of methoxy groups -OCH3 is 1. The monoisotopic (exact) mass is 383 g/mol. The van der Waals surface area contributed by atoms with Crippen molar-refractivity contribution in [3.63, 3.8) is 0 Å². The average Bonchev–Trinajstić information content (AvgIpc) is 3.02. The van der Waals surface area contributed by atoms with Crippen LogP contribution < -0.4 is 9.80 Å². The summed E-state index contributed by atoms with van der Waals surface area (Å²) in [5.41, 5.74) is 2.23. The Labute approximate surface area is 169 Å². The molecule has 0 amide bonds. The number of benzene rings is 1. The summed E-state index contributed by atoms with van der Waals surface area (Å²) < 4.78 is 4.92. The molecule has 0 saturated carbocycles. The molecule has 0 radical (unpaired) electrons. The standard InChI is InChI=1S/C23H33N3O2/c1-4-6-8-12-16-25-20-14-10-11-15-21(20)26(17-13-9-7-5-2)22(25)19(18-24)23(27)28-3/h10-11,14-15H,4-9,12-13,16-17H2,1-3H3. The van der Waals surface area contributed by atoms with Crippen molar-refractivity contribution in [3.05, 3.63) is 35.7 Å². The molecule has 5 nitrogen and oxygen atoms in total. The summed E-state index contributed by atoms with van der Waals surface area (Å²) in [5.74, 6) is 0.117. The maximum absolute atomic E-state index is 12.4. The minimum Gasteiger partial charge on any atom is -0.465 e. The molecule has 1 aromatic carbocycles. The highest BCUT2D eigenvalue weighted by Gasteiger charge is 2.35. The average molecular weight is 384 g/mol. The molecule has 0 bridgehead atoms. The van der Waals surface area contributed by atoms with E-state index >= 15 is 0 Å². The van der Waals surface area contributed by atoms with E-state index in [4.69, 9.17) is 4.74 Å². The van der Waals surface area contributed by atoms with E-state index in [0.29, 0.717) is 5.82 Å². The van der Waals surface area contributed by atoms with Gasteiger partial charge in [-0.3, -0.25) is 0 Å². The molecule has 0 N–H and O–H groups in total. The number of rotatable bonds is 11. The van der Waals surface area contributed by atoms with Crippen LogP contribution in [0.25, 0.3) is 0 Å². The number of hydrogen-bond acceptors (Lipinski definition) is 5. The highest BCUT2D eigenvalue weighted by Crippen LogP contribution is 2.43. The van der Waals surface area contributed by atoms with Gasteiger partial charge in [0.05, 0.1) is 18.5 Å². The van der Waals surface area contributed by atoms with Gasteiger partial charge in [-0.05, 0) is 25.0 Å². The van der Waals surface area contributed by atoms with Gasteiger partial charge >= 0.3 is 5.97 Å². The molecule has 0 atom stereocenters. The summed E-state index contributed by atoms with van der Waals surface area (Å²) in [4.78, 5) is 16.6. The third kappa shape index (κ3) is 5.07. The van der Waals surface area contributed by atoms with Crippen LogP contribution in [0.3, 0.4) is 0 Å². The van der Waals surface area contributed by atoms with E-state index in [9.17, 15) is 10.1 Å². The molecule has 28 heavy (non-hydrogen) atoms. The number of fused-ring (bicyclic) bond motifs is 1. The van der Waals surface area contributed by atoms with E-state index < -0.39 is 5.97 Å². The van der Waals surface area contributed by atoms with Crippen molar-refractivity contribution in [2.45, 2.75) is 65.2 Å². The van der Waals surface area contributed by atoms with Crippen LogP contribution in [0.4, 0.5) is 11.4 Å². The molecule has 0 aliphatic carbocycles. The zero-order valence-corrected chi connectivity index (χ0v) is 17.5. The number of unbranched alkanes of at least 4 members (excludes halogenated alkanes) is 6. The van der Waals surface area contributed by atoms with Crippen molar-refractivity contribution >= 4 is 17.3 Å². The SMILES string of the molecule is CCCCCCN1C(=C(C#N)C(=O)OC)N(CCCCCC)c2ccccc21. The predicted octanol–water partition coefficient (Wildman–Crippen LogP) is 5.38. The maximum Gasteiger partial charge on any atom is 0.352 e. The van der Waals surface area contributed by atoms with E-state index in [0.717, 1.165) is 50.1 Å². The highest BCUT2D eigenvalue weighted by atomic mass is 16.5. The van der Waals surface area contributed by atoms with Crippen LogP contribution >= 0.6 is 0 Å². The molecule has 1 aromatic rings. The number of hydrogen-bond donors (Lipinski definition) is 0. The predicted molar refractivity (Wildman–Crippen MR) is 114 cm³/mol. The fourth-order valence-electron chi connectivity index (χ4n) is 3.70. The molecule has 2 rings (SSSR count). The fraction of sp³-hybridized carbons (Fsp3) is 0.565. The van der Waals surface area contributed by atoms with Crippen LogP contribution in [0.15, 0.2) is 35.7 Å². The number of esters is 1. The summed E-state index contributed by atoms with van der Waals surface area (Å²) in [6.07, 6.45) is 9.06. The molecule has 1 aliphatic rings. The van der Waals surface area contributed by atoms with Crippen molar-refractivity contribution < 1.29 is 9.53 Å². The highest BCUT2D eigenvalue weighted by molar-refractivity contribution is 5.97. The smallest absolute Gasteiger partial charge is 0.352 e. The summed E-state index contributed by atoms with van der Waals surface area (Å²) in [6.45, 7) is 5.97. The minimum absolute atomic E-state index is 0.0877. The van der Waals surface area contributed by atoms with Gasteiger partial charge in [-0.15, -0.1) is 0 Å². The Hall–Kier alpha value is -2.48. The second-order valence-corrected chi connectivity index (χ2v) is 7.22. The van der Waals surface area contributed by atoms with Crippen LogP contribution in [-0.4, -0.2) is 26.2 Å². The van der Waals surface area contributed by atoms with Crippen LogP contribution in [0, 0.1) is 11.3 Å². The summed E-state index contributed by atoms with van der Waals surface area (Å²) in [6, 6.07) is 10.3. The largest absolute Gasteiger partial charge is 0.465 e. The topological polar surface area (TPSA) is 56.6 Å². The molecular formula is C23H33N3O2. The van der Waals surface area contributed by atoms with E-state index in [-0.39, 0.29) is 5.57 Å². The first-order valence-electron chi connectivity index (χ1n) is 10.6. The van der Waals surface area contributed by atoms with Gasteiger partial charge in [0.2, 0.25) is 0 Å². The lowest BCUT2D eigenvalue weighted by molar-refractivity contribution is -0.135. The van der Waals surface area contributed by atoms with Gasteiger partial charge in [-0.2, -0.15) is 5.26 Å². The Morgan fingerprint density at radius 3 is 1.82 bits per heavy atom. The van der Waals surface area contributed by atoms with Crippen molar-refractivity contribution in [1.29, 1.82) is 5.26 Å². The number of ether oxygens (including phenoxy) is 1. The number of carbonyl (C=O) groups excluding carboxylic acids is 1. The molecule has 0 unspecified atom stereocenters. The first-order valence-corrected chi connectivity index (χ1v) is 10.6. The second-order valence-electron chi connectivity index (χ2n) is 7.22. The van der Waals surface area contributed by atoms with Crippen molar-refractivity contribution in [3.8, 4) is 6.07 Å². The van der Waals surface area contributed by atoms with Gasteiger partial charge in [0, 0.05) is 13.1 Å². The molecule has 5 heteroatoms. The van der Waals surface area contributed by atoms with Gasteiger partial charge in [-0.1, -0.05) is 64.5 Å². The third-order valence-electron chi connectivity index (χ3n) is 5.17. The zero-order chi connectivity index (χ0) is 20.4. The lowest BCUT2D eigenvalue weighted by Gasteiger charge is -2.26. The molecule has 152 valence electrons. The number of nitriles is 1. The van der Waals surface area contributed by atoms with E-state index in [1.807, 2.05) is 12.1 Å². The quantitative estimate of drug-likeness (QED) is 0.222. The van der Waals surface area contributed by atoms with Gasteiger partial charge in [-0.25, -0.2) is 4.79 Å². The summed E-state index contributed by atoms with van der Waals surface area (Å²) in [5, 5.41) is 9.76. The number of nitrogens with zero attached hydrogens (tertiary/aromatic N) is 3. The van der Waals surface area contributed by atoms with Crippen LogP contribution in [-0.2, 0) is 9.53 Å². The Morgan fingerprint density at radius 1 is 0.929 bits per heavy atom. The first kappa shape index (κ1) is 21.8. The van der Waals surface area contributed by atoms with Crippen LogP contribution in [0.5, 0.6) is 0 Å². The number of carbonyl (C=O) groups is 1. The van der Waals surface area contributed by atoms with E-state index in [1.54, 1.807) is 0 Å². The lowest BCUT2D eigenvalue weighted by Crippen LogP contribution is -2.33. The van der Waals surface area contributed by atoms with Gasteiger partial charge < -0.3 is 14.5 Å². The van der Waals surface area contributed by atoms with Gasteiger partial charge in [0.15, 0.2) is 5.57 Å². The second kappa shape index (κ2) is 11.4. The molecule has 0 fully saturated rings. The molecule has 0 aromatic heterocycles. The van der Waals surface area contributed by atoms with Gasteiger partial charge in [0.1, 0.15) is 11.9 Å². The minimum atomic E-state index is -0.567. The fourth-order valence-corrected chi connectivity index (χ4v) is 3.70. The molecular weight excluding hydrogens is 350 g/mol. The maximum atomic E-state index is 12.4. The zero-order valence-electron chi connectivity index (χ0n) is 17.5. The lowest BCUT2D eigenvalue weighted by atomic mass is 10.2. The van der Waals surface area contributed by atoms with Gasteiger partial charge in [0.25, 0.3) is 0 Å². The van der Waals surface area contributed by atoms with Crippen LogP contribution in [0.2, 0.25) is 0 Å². The Morgan fingerprint density at radius 2 is 1.43 bits per heavy atom. The van der Waals surface area contributed by atoms with E-state index in [2.05, 4.69) is 41.8 Å². The summed E-state index contributed by atoms with van der Waals surface area (Å²) >= 11 is 0. The summed E-state index contributed by atoms with van der Waals surface area (Å²) in [7, 11) is 1.33.